The minimum absolute atomic E-state index is 0.289. The third-order valence-corrected chi connectivity index (χ3v) is 1.81. The van der Waals surface area contributed by atoms with Crippen LogP contribution in [0.25, 0.3) is 0 Å². The fraction of sp³-hybridized carbons (Fsp3) is 0.375. The quantitative estimate of drug-likeness (QED) is 0.357. The number of allylic oxidation sites excluding steroid dienone is 1. The highest BCUT2D eigenvalue weighted by Crippen LogP contribution is 2.14. The highest BCUT2D eigenvalue weighted by atomic mass is 16.1. The summed E-state index contributed by atoms with van der Waals surface area (Å²) >= 11 is 0. The smallest absolute Gasteiger partial charge is 0.234 e. The molecule has 0 heterocycles. The second-order valence-electron chi connectivity index (χ2n) is 2.66. The summed E-state index contributed by atoms with van der Waals surface area (Å²) in [4.78, 5) is 13.4. The van der Waals surface area contributed by atoms with E-state index in [0.29, 0.717) is 18.5 Å². The Labute approximate surface area is 70.7 Å². The number of rotatable bonds is 2. The molecule has 1 amide bonds. The topological polar surface area (TPSA) is 79.3 Å². The predicted molar refractivity (Wildman–Crippen MR) is 47.3 cm³/mol. The zero-order valence-corrected chi connectivity index (χ0v) is 6.71. The van der Waals surface area contributed by atoms with Crippen LogP contribution < -0.4 is 5.73 Å². The first-order chi connectivity index (χ1) is 5.74. The zero-order chi connectivity index (χ0) is 8.97. The summed E-state index contributed by atoms with van der Waals surface area (Å²) in [5, 5.41) is 7.33. The highest BCUT2D eigenvalue weighted by Gasteiger charge is 2.09. The number of nitrogens with zero attached hydrogens (tertiary/aromatic N) is 1. The van der Waals surface area contributed by atoms with E-state index in [-0.39, 0.29) is 5.84 Å². The van der Waals surface area contributed by atoms with Crippen LogP contribution >= 0.6 is 0 Å². The molecule has 0 aromatic heterocycles. The number of amides is 1. The van der Waals surface area contributed by atoms with E-state index in [1.54, 1.807) is 0 Å². The third kappa shape index (κ3) is 2.02. The molecule has 64 valence electrons. The van der Waals surface area contributed by atoms with Gasteiger partial charge in [0.1, 0.15) is 5.84 Å². The Morgan fingerprint density at radius 3 is 2.92 bits per heavy atom. The fourth-order valence-corrected chi connectivity index (χ4v) is 1.11. The largest absolute Gasteiger partial charge is 0.383 e. The van der Waals surface area contributed by atoms with Crippen molar-refractivity contribution in [1.82, 2.24) is 0 Å². The van der Waals surface area contributed by atoms with Crippen molar-refractivity contribution >= 4 is 18.0 Å². The van der Waals surface area contributed by atoms with Crippen molar-refractivity contribution < 1.29 is 4.79 Å². The molecule has 3 N–H and O–H groups in total. The molecule has 0 bridgehead atoms. The monoisotopic (exact) mass is 165 g/mol. The Hall–Kier alpha value is -1.45. The lowest BCUT2D eigenvalue weighted by atomic mass is 9.97. The van der Waals surface area contributed by atoms with E-state index in [1.807, 2.05) is 6.08 Å². The number of nitrogens with two attached hydrogens (primary N) is 1. The molecule has 1 rings (SSSR count). The number of aliphatic imine (C=N–C) groups is 1. The molecular weight excluding hydrogens is 154 g/mol. The number of carbonyl (C=O) groups excluding carboxylic acids is 1. The average molecular weight is 165 g/mol. The number of hydrogen-bond acceptors (Lipinski definition) is 2. The van der Waals surface area contributed by atoms with Gasteiger partial charge in [0.2, 0.25) is 6.41 Å². The van der Waals surface area contributed by atoms with Gasteiger partial charge in [-0.15, -0.1) is 0 Å². The van der Waals surface area contributed by atoms with E-state index in [4.69, 9.17) is 11.1 Å². The third-order valence-electron chi connectivity index (χ3n) is 1.81. The summed E-state index contributed by atoms with van der Waals surface area (Å²) in [5.41, 5.74) is 7.08. The average Bonchev–Trinajstić information content (AvgIpc) is 2.06. The number of amidine groups is 1. The van der Waals surface area contributed by atoms with Gasteiger partial charge in [-0.1, -0.05) is 6.08 Å². The van der Waals surface area contributed by atoms with Crippen LogP contribution in [0, 0.1) is 5.41 Å². The molecule has 0 saturated carbocycles. The Balaban J connectivity index is 2.70. The molecule has 1 aliphatic rings. The molecule has 12 heavy (non-hydrogen) atoms. The van der Waals surface area contributed by atoms with Gasteiger partial charge in [-0.25, -0.2) is 0 Å². The van der Waals surface area contributed by atoms with Crippen LogP contribution in [0.3, 0.4) is 0 Å². The second kappa shape index (κ2) is 3.80. The maximum Gasteiger partial charge on any atom is 0.234 e. The van der Waals surface area contributed by atoms with Crippen LogP contribution in [0.2, 0.25) is 0 Å². The molecule has 0 unspecified atom stereocenters. The molecule has 0 atom stereocenters. The number of nitrogens with one attached hydrogen (secondary N) is 1. The predicted octanol–water partition coefficient (Wildman–Crippen LogP) is 0.630. The van der Waals surface area contributed by atoms with Crippen molar-refractivity contribution in [3.63, 3.8) is 0 Å². The van der Waals surface area contributed by atoms with Crippen LogP contribution in [0.15, 0.2) is 16.6 Å². The minimum atomic E-state index is 0.289. The second-order valence-corrected chi connectivity index (χ2v) is 2.66. The SMILES string of the molecule is N=C1CC=C(C(N)=NC=O)CC1. The first kappa shape index (κ1) is 8.64. The van der Waals surface area contributed by atoms with Gasteiger partial charge in [0.05, 0.1) is 0 Å². The molecular formula is C8H11N3O. The summed E-state index contributed by atoms with van der Waals surface area (Å²) in [7, 11) is 0. The number of carbonyl (C=O) groups is 1. The summed E-state index contributed by atoms with van der Waals surface area (Å²) in [6.45, 7) is 0. The molecule has 0 aromatic rings. The summed E-state index contributed by atoms with van der Waals surface area (Å²) in [6.07, 6.45) is 4.37. The normalized spacial score (nSPS) is 18.8. The first-order valence-corrected chi connectivity index (χ1v) is 3.76. The standard InChI is InChI=1S/C8H11N3O/c9-7-3-1-6(2-4-7)8(10)11-5-12/h1,5,9H,2-4H2,(H2,10,11,12). The van der Waals surface area contributed by atoms with Crippen LogP contribution in [-0.4, -0.2) is 18.0 Å². The van der Waals surface area contributed by atoms with E-state index >= 15 is 0 Å². The molecule has 4 heteroatoms. The Bertz CT molecular complexity index is 265. The lowest BCUT2D eigenvalue weighted by Gasteiger charge is -2.11. The Kier molecular flexibility index (Phi) is 2.74. The lowest BCUT2D eigenvalue weighted by molar-refractivity contribution is -0.106. The van der Waals surface area contributed by atoms with E-state index < -0.39 is 0 Å². The van der Waals surface area contributed by atoms with Gasteiger partial charge in [-0.3, -0.25) is 4.79 Å². The van der Waals surface area contributed by atoms with Gasteiger partial charge < -0.3 is 11.1 Å². The van der Waals surface area contributed by atoms with Crippen LogP contribution in [0.4, 0.5) is 0 Å². The van der Waals surface area contributed by atoms with Gasteiger partial charge >= 0.3 is 0 Å². The van der Waals surface area contributed by atoms with Crippen molar-refractivity contribution in [2.75, 3.05) is 0 Å². The Morgan fingerprint density at radius 1 is 1.67 bits per heavy atom. The molecule has 0 radical (unpaired) electrons. The van der Waals surface area contributed by atoms with Crippen LogP contribution in [0.1, 0.15) is 19.3 Å². The summed E-state index contributed by atoms with van der Waals surface area (Å²) in [5.74, 6) is 0.289. The van der Waals surface area contributed by atoms with Crippen molar-refractivity contribution in [2.24, 2.45) is 10.7 Å². The molecule has 0 fully saturated rings. The van der Waals surface area contributed by atoms with E-state index in [0.717, 1.165) is 18.4 Å². The van der Waals surface area contributed by atoms with Gasteiger partial charge in [0, 0.05) is 12.1 Å². The van der Waals surface area contributed by atoms with Crippen molar-refractivity contribution in [3.05, 3.63) is 11.6 Å². The summed E-state index contributed by atoms with van der Waals surface area (Å²) in [6, 6.07) is 0. The molecule has 0 aromatic carbocycles. The molecule has 0 saturated heterocycles. The van der Waals surface area contributed by atoms with Crippen molar-refractivity contribution in [1.29, 1.82) is 5.41 Å². The zero-order valence-electron chi connectivity index (χ0n) is 6.71. The molecule has 0 aliphatic heterocycles. The maximum absolute atomic E-state index is 9.99. The Morgan fingerprint density at radius 2 is 2.42 bits per heavy atom. The highest BCUT2D eigenvalue weighted by molar-refractivity contribution is 6.02. The maximum atomic E-state index is 9.99. The van der Waals surface area contributed by atoms with Gasteiger partial charge in [0.15, 0.2) is 0 Å². The van der Waals surface area contributed by atoms with Crippen molar-refractivity contribution in [3.8, 4) is 0 Å². The van der Waals surface area contributed by atoms with E-state index in [9.17, 15) is 4.79 Å². The molecule has 1 aliphatic carbocycles. The molecule has 4 nitrogen and oxygen atoms in total. The summed E-state index contributed by atoms with van der Waals surface area (Å²) < 4.78 is 0. The first-order valence-electron chi connectivity index (χ1n) is 3.76. The lowest BCUT2D eigenvalue weighted by Crippen LogP contribution is -2.18. The van der Waals surface area contributed by atoms with Gasteiger partial charge in [-0.2, -0.15) is 4.99 Å². The fourth-order valence-electron chi connectivity index (χ4n) is 1.11. The van der Waals surface area contributed by atoms with Crippen LogP contribution in [0.5, 0.6) is 0 Å². The molecule has 0 spiro atoms. The number of hydrogen-bond donors (Lipinski definition) is 2. The van der Waals surface area contributed by atoms with Crippen LogP contribution in [-0.2, 0) is 4.79 Å². The minimum Gasteiger partial charge on any atom is -0.383 e. The van der Waals surface area contributed by atoms with Gasteiger partial charge in [0.25, 0.3) is 0 Å². The van der Waals surface area contributed by atoms with Gasteiger partial charge in [-0.05, 0) is 18.4 Å². The van der Waals surface area contributed by atoms with E-state index in [2.05, 4.69) is 4.99 Å². The van der Waals surface area contributed by atoms with E-state index in [1.165, 1.54) is 0 Å². The van der Waals surface area contributed by atoms with Crippen molar-refractivity contribution in [2.45, 2.75) is 19.3 Å².